The molecule has 0 radical (unpaired) electrons. The summed E-state index contributed by atoms with van der Waals surface area (Å²) in [5, 5.41) is 14.3. The standard InChI is InChI=1S/C21H24FN5O/c1-21(2)9-18(26-20(28)7-6-14-11-23-24-12-14)17-13-25-27(19(17)10-21)16-5-3-4-15(22)8-16/h3-5,8,11-13,18H,6-7,9-10H2,1-2H3,(H,23,24)(H,26,28)/t18-/m1/s1. The molecule has 0 bridgehead atoms. The van der Waals surface area contributed by atoms with Crippen molar-refractivity contribution in [2.45, 2.75) is 45.6 Å². The number of aromatic nitrogens is 4. The minimum absolute atomic E-state index is 0.000608. The molecule has 1 aliphatic rings. The van der Waals surface area contributed by atoms with Crippen LogP contribution in [-0.2, 0) is 17.6 Å². The second-order valence-corrected chi connectivity index (χ2v) is 8.21. The Labute approximate surface area is 163 Å². The summed E-state index contributed by atoms with van der Waals surface area (Å²) < 4.78 is 15.5. The maximum atomic E-state index is 13.7. The Hall–Kier alpha value is -2.96. The molecule has 1 aliphatic carbocycles. The third kappa shape index (κ3) is 3.83. The number of fused-ring (bicyclic) bond motifs is 1. The van der Waals surface area contributed by atoms with Crippen molar-refractivity contribution in [2.24, 2.45) is 5.41 Å². The number of aryl methyl sites for hydroxylation is 1. The van der Waals surface area contributed by atoms with Crippen LogP contribution in [0.5, 0.6) is 0 Å². The van der Waals surface area contributed by atoms with Crippen LogP contribution in [0.4, 0.5) is 4.39 Å². The highest BCUT2D eigenvalue weighted by atomic mass is 19.1. The van der Waals surface area contributed by atoms with Gasteiger partial charge >= 0.3 is 0 Å². The van der Waals surface area contributed by atoms with Crippen LogP contribution in [0.1, 0.15) is 49.6 Å². The molecule has 3 aromatic rings. The number of benzene rings is 1. The van der Waals surface area contributed by atoms with E-state index in [1.54, 1.807) is 29.3 Å². The van der Waals surface area contributed by atoms with Gasteiger partial charge in [-0.15, -0.1) is 0 Å². The summed E-state index contributed by atoms with van der Waals surface area (Å²) in [6, 6.07) is 6.33. The third-order valence-corrected chi connectivity index (χ3v) is 5.26. The van der Waals surface area contributed by atoms with E-state index in [-0.39, 0.29) is 23.2 Å². The Morgan fingerprint density at radius 1 is 1.39 bits per heavy atom. The van der Waals surface area contributed by atoms with Gasteiger partial charge in [0.1, 0.15) is 5.82 Å². The summed E-state index contributed by atoms with van der Waals surface area (Å²) in [7, 11) is 0. The number of carbonyl (C=O) groups is 1. The molecular weight excluding hydrogens is 357 g/mol. The number of rotatable bonds is 5. The van der Waals surface area contributed by atoms with E-state index >= 15 is 0 Å². The van der Waals surface area contributed by atoms with Gasteiger partial charge in [-0.3, -0.25) is 9.89 Å². The van der Waals surface area contributed by atoms with Gasteiger partial charge in [0, 0.05) is 18.2 Å². The molecule has 2 N–H and O–H groups in total. The number of amides is 1. The average Bonchev–Trinajstić information content (AvgIpc) is 3.28. The highest BCUT2D eigenvalue weighted by Gasteiger charge is 2.36. The molecule has 0 saturated carbocycles. The lowest BCUT2D eigenvalue weighted by Gasteiger charge is -2.36. The van der Waals surface area contributed by atoms with Gasteiger partial charge in [-0.05, 0) is 48.4 Å². The van der Waals surface area contributed by atoms with Crippen LogP contribution in [0.3, 0.4) is 0 Å². The quantitative estimate of drug-likeness (QED) is 0.710. The molecule has 2 heterocycles. The van der Waals surface area contributed by atoms with E-state index in [1.807, 2.05) is 6.07 Å². The zero-order chi connectivity index (χ0) is 19.7. The van der Waals surface area contributed by atoms with Gasteiger partial charge in [-0.1, -0.05) is 19.9 Å². The van der Waals surface area contributed by atoms with Gasteiger partial charge in [0.2, 0.25) is 5.91 Å². The topological polar surface area (TPSA) is 75.6 Å². The Morgan fingerprint density at radius 3 is 3.00 bits per heavy atom. The van der Waals surface area contributed by atoms with Crippen molar-refractivity contribution in [3.8, 4) is 5.69 Å². The fourth-order valence-corrected chi connectivity index (χ4v) is 3.94. The van der Waals surface area contributed by atoms with E-state index in [1.165, 1.54) is 12.1 Å². The average molecular weight is 381 g/mol. The number of hydrogen-bond acceptors (Lipinski definition) is 3. The zero-order valence-corrected chi connectivity index (χ0v) is 16.1. The van der Waals surface area contributed by atoms with Gasteiger partial charge in [0.15, 0.2) is 0 Å². The summed E-state index contributed by atoms with van der Waals surface area (Å²) in [6.45, 7) is 4.37. The molecule has 7 heteroatoms. The molecule has 0 spiro atoms. The fraction of sp³-hybridized carbons (Fsp3) is 0.381. The normalized spacial score (nSPS) is 17.9. The Morgan fingerprint density at radius 2 is 2.25 bits per heavy atom. The smallest absolute Gasteiger partial charge is 0.220 e. The molecule has 4 rings (SSSR count). The minimum Gasteiger partial charge on any atom is -0.349 e. The van der Waals surface area contributed by atoms with E-state index < -0.39 is 0 Å². The Bertz CT molecular complexity index is 977. The molecule has 6 nitrogen and oxygen atoms in total. The number of H-pyrrole nitrogens is 1. The third-order valence-electron chi connectivity index (χ3n) is 5.26. The maximum absolute atomic E-state index is 13.7. The number of carbonyl (C=O) groups excluding carboxylic acids is 1. The van der Waals surface area contributed by atoms with E-state index in [4.69, 9.17) is 0 Å². The van der Waals surface area contributed by atoms with Crippen molar-refractivity contribution < 1.29 is 9.18 Å². The first-order chi connectivity index (χ1) is 13.4. The molecule has 0 aliphatic heterocycles. The summed E-state index contributed by atoms with van der Waals surface area (Å²) in [5.74, 6) is -0.283. The van der Waals surface area contributed by atoms with Crippen molar-refractivity contribution in [3.05, 3.63) is 65.5 Å². The van der Waals surface area contributed by atoms with Gasteiger partial charge in [0.25, 0.3) is 0 Å². The van der Waals surface area contributed by atoms with Crippen LogP contribution in [0, 0.1) is 11.2 Å². The maximum Gasteiger partial charge on any atom is 0.220 e. The summed E-state index contributed by atoms with van der Waals surface area (Å²) in [5.41, 5.74) is 3.76. The highest BCUT2D eigenvalue weighted by molar-refractivity contribution is 5.76. The Balaban J connectivity index is 1.56. The van der Waals surface area contributed by atoms with Crippen LogP contribution < -0.4 is 5.32 Å². The van der Waals surface area contributed by atoms with E-state index in [0.717, 1.165) is 29.7 Å². The SMILES string of the molecule is CC1(C)Cc2c(cnn2-c2cccc(F)c2)[C@H](NC(=O)CCc2cn[nH]c2)C1. The molecule has 1 atom stereocenters. The lowest BCUT2D eigenvalue weighted by atomic mass is 9.74. The van der Waals surface area contributed by atoms with Crippen molar-refractivity contribution in [3.63, 3.8) is 0 Å². The lowest BCUT2D eigenvalue weighted by molar-refractivity contribution is -0.122. The predicted molar refractivity (Wildman–Crippen MR) is 103 cm³/mol. The Kier molecular flexibility index (Phi) is 4.75. The number of nitrogens with zero attached hydrogens (tertiary/aromatic N) is 3. The highest BCUT2D eigenvalue weighted by Crippen LogP contribution is 2.41. The molecule has 28 heavy (non-hydrogen) atoms. The second-order valence-electron chi connectivity index (χ2n) is 8.21. The van der Waals surface area contributed by atoms with Crippen LogP contribution in [-0.4, -0.2) is 25.9 Å². The van der Waals surface area contributed by atoms with Crippen LogP contribution >= 0.6 is 0 Å². The molecule has 0 fully saturated rings. The summed E-state index contributed by atoms with van der Waals surface area (Å²) in [6.07, 6.45) is 8.05. The van der Waals surface area contributed by atoms with Crippen LogP contribution in [0.2, 0.25) is 0 Å². The fourth-order valence-electron chi connectivity index (χ4n) is 3.94. The van der Waals surface area contributed by atoms with Crippen LogP contribution in [0.15, 0.2) is 42.9 Å². The molecule has 2 aromatic heterocycles. The van der Waals surface area contributed by atoms with E-state index in [0.29, 0.717) is 18.5 Å². The van der Waals surface area contributed by atoms with Gasteiger partial charge in [-0.25, -0.2) is 9.07 Å². The molecule has 1 aromatic carbocycles. The van der Waals surface area contributed by atoms with Gasteiger partial charge in [0.05, 0.1) is 29.8 Å². The molecule has 0 saturated heterocycles. The first-order valence-electron chi connectivity index (χ1n) is 9.51. The van der Waals surface area contributed by atoms with E-state index in [2.05, 4.69) is 34.5 Å². The number of nitrogens with one attached hydrogen (secondary N) is 2. The van der Waals surface area contributed by atoms with Gasteiger partial charge < -0.3 is 5.32 Å². The first-order valence-corrected chi connectivity index (χ1v) is 9.51. The minimum atomic E-state index is -0.291. The predicted octanol–water partition coefficient (Wildman–Crippen LogP) is 3.50. The van der Waals surface area contributed by atoms with Crippen molar-refractivity contribution in [1.82, 2.24) is 25.3 Å². The molecule has 0 unspecified atom stereocenters. The summed E-state index contributed by atoms with van der Waals surface area (Å²) in [4.78, 5) is 12.5. The van der Waals surface area contributed by atoms with Crippen LogP contribution in [0.25, 0.3) is 5.69 Å². The second kappa shape index (κ2) is 7.22. The monoisotopic (exact) mass is 381 g/mol. The van der Waals surface area contributed by atoms with Crippen molar-refractivity contribution in [1.29, 1.82) is 0 Å². The van der Waals surface area contributed by atoms with E-state index in [9.17, 15) is 9.18 Å². The number of halogens is 1. The number of aromatic amines is 1. The first kappa shape index (κ1) is 18.4. The molecular formula is C21H24FN5O. The molecule has 146 valence electrons. The summed E-state index contributed by atoms with van der Waals surface area (Å²) >= 11 is 0. The lowest BCUT2D eigenvalue weighted by Crippen LogP contribution is -2.36. The largest absolute Gasteiger partial charge is 0.349 e. The molecule has 1 amide bonds. The van der Waals surface area contributed by atoms with Crippen molar-refractivity contribution >= 4 is 5.91 Å². The van der Waals surface area contributed by atoms with Gasteiger partial charge in [-0.2, -0.15) is 10.2 Å². The zero-order valence-electron chi connectivity index (χ0n) is 16.1. The van der Waals surface area contributed by atoms with Crippen molar-refractivity contribution in [2.75, 3.05) is 0 Å². The number of hydrogen-bond donors (Lipinski definition) is 2.